The van der Waals surface area contributed by atoms with Crippen molar-refractivity contribution in [1.82, 2.24) is 4.90 Å². The standard InChI is InChI=1S/C12H20N3O.ClH/c1-5-14(6-2)12(16)15-9-7-11(8-10-15)13(3)4;/h7-10H,5-6H2,1-4H3;1H/q+1;/p-1. The number of carbonyl (C=O) groups excluding carboxylic acids is 1. The molecule has 0 aromatic carbocycles. The van der Waals surface area contributed by atoms with Crippen molar-refractivity contribution in [3.8, 4) is 0 Å². The monoisotopic (exact) mass is 257 g/mol. The highest BCUT2D eigenvalue weighted by Gasteiger charge is 2.20. The molecular weight excluding hydrogens is 238 g/mol. The van der Waals surface area contributed by atoms with Crippen LogP contribution in [0.3, 0.4) is 0 Å². The minimum atomic E-state index is 0. The van der Waals surface area contributed by atoms with Crippen LogP contribution in [-0.2, 0) is 0 Å². The molecule has 0 atom stereocenters. The highest BCUT2D eigenvalue weighted by atomic mass is 35.5. The molecule has 1 heterocycles. The first-order chi connectivity index (χ1) is 7.60. The number of nitrogens with zero attached hydrogens (tertiary/aromatic N) is 3. The molecule has 1 amide bonds. The normalized spacial score (nSPS) is 9.41. The van der Waals surface area contributed by atoms with Gasteiger partial charge in [-0.3, -0.25) is 0 Å². The fourth-order valence-corrected chi connectivity index (χ4v) is 1.50. The first-order valence-electron chi connectivity index (χ1n) is 5.58. The maximum absolute atomic E-state index is 12.0. The van der Waals surface area contributed by atoms with Crippen LogP contribution in [0.25, 0.3) is 0 Å². The third-order valence-electron chi connectivity index (χ3n) is 2.58. The van der Waals surface area contributed by atoms with Gasteiger partial charge in [0.05, 0.1) is 13.1 Å². The fourth-order valence-electron chi connectivity index (χ4n) is 1.50. The van der Waals surface area contributed by atoms with Crippen LogP contribution >= 0.6 is 0 Å². The van der Waals surface area contributed by atoms with Gasteiger partial charge in [-0.15, -0.1) is 0 Å². The van der Waals surface area contributed by atoms with Crippen molar-refractivity contribution in [3.63, 3.8) is 0 Å². The number of amides is 1. The maximum Gasteiger partial charge on any atom is 0.497 e. The van der Waals surface area contributed by atoms with E-state index in [1.807, 2.05) is 45.0 Å². The molecule has 1 aromatic rings. The fraction of sp³-hybridized carbons (Fsp3) is 0.500. The number of pyridine rings is 1. The zero-order chi connectivity index (χ0) is 12.1. The Morgan fingerprint density at radius 3 is 2.00 bits per heavy atom. The third-order valence-corrected chi connectivity index (χ3v) is 2.58. The Balaban J connectivity index is 0.00000256. The lowest BCUT2D eigenvalue weighted by Crippen LogP contribution is -3.00. The number of rotatable bonds is 3. The number of hydrogen-bond acceptors (Lipinski definition) is 2. The minimum absolute atomic E-state index is 0. The average molecular weight is 258 g/mol. The summed E-state index contributed by atoms with van der Waals surface area (Å²) in [6, 6.07) is 3.89. The van der Waals surface area contributed by atoms with E-state index in [-0.39, 0.29) is 18.4 Å². The number of anilines is 1. The van der Waals surface area contributed by atoms with Gasteiger partial charge >= 0.3 is 6.03 Å². The summed E-state index contributed by atoms with van der Waals surface area (Å²) in [6.45, 7) is 5.43. The van der Waals surface area contributed by atoms with Crippen LogP contribution in [0.15, 0.2) is 24.5 Å². The first-order valence-corrected chi connectivity index (χ1v) is 5.58. The Kier molecular flexibility index (Phi) is 6.58. The molecule has 1 aromatic heterocycles. The van der Waals surface area contributed by atoms with Gasteiger partial charge in [0, 0.05) is 31.9 Å². The van der Waals surface area contributed by atoms with E-state index in [1.165, 1.54) is 0 Å². The zero-order valence-corrected chi connectivity index (χ0v) is 11.6. The largest absolute Gasteiger partial charge is 1.00 e. The van der Waals surface area contributed by atoms with E-state index in [9.17, 15) is 4.79 Å². The molecule has 0 radical (unpaired) electrons. The SMILES string of the molecule is CCN(CC)C(=O)[n+]1ccc(N(C)C)cc1.[Cl-]. The van der Waals surface area contributed by atoms with E-state index in [1.54, 1.807) is 21.9 Å². The Morgan fingerprint density at radius 2 is 1.65 bits per heavy atom. The molecule has 0 aliphatic heterocycles. The van der Waals surface area contributed by atoms with Gasteiger partial charge in [-0.05, 0) is 13.8 Å². The van der Waals surface area contributed by atoms with Crippen molar-refractivity contribution in [1.29, 1.82) is 0 Å². The third kappa shape index (κ3) is 3.89. The minimum Gasteiger partial charge on any atom is -1.00 e. The van der Waals surface area contributed by atoms with Gasteiger partial charge in [0.15, 0.2) is 0 Å². The van der Waals surface area contributed by atoms with Gasteiger partial charge in [-0.25, -0.2) is 4.90 Å². The molecule has 1 rings (SSSR count). The summed E-state index contributed by atoms with van der Waals surface area (Å²) in [5.41, 5.74) is 1.09. The molecular formula is C12H20ClN3O. The number of halogens is 1. The average Bonchev–Trinajstić information content (AvgIpc) is 2.30. The molecule has 0 fully saturated rings. The van der Waals surface area contributed by atoms with E-state index in [0.717, 1.165) is 18.8 Å². The molecule has 0 bridgehead atoms. The van der Waals surface area contributed by atoms with Crippen LogP contribution in [-0.4, -0.2) is 38.1 Å². The lowest BCUT2D eigenvalue weighted by atomic mass is 10.4. The topological polar surface area (TPSA) is 27.4 Å². The van der Waals surface area contributed by atoms with Gasteiger partial charge in [0.2, 0.25) is 0 Å². The van der Waals surface area contributed by atoms with Gasteiger partial charge in [-0.1, -0.05) is 0 Å². The van der Waals surface area contributed by atoms with Crippen molar-refractivity contribution in [2.45, 2.75) is 13.8 Å². The molecule has 0 saturated carbocycles. The van der Waals surface area contributed by atoms with Crippen molar-refractivity contribution in [3.05, 3.63) is 24.5 Å². The lowest BCUT2D eigenvalue weighted by molar-refractivity contribution is -0.578. The second-order valence-corrected chi connectivity index (χ2v) is 3.81. The summed E-state index contributed by atoms with van der Waals surface area (Å²) < 4.78 is 1.61. The number of carbonyl (C=O) groups is 1. The summed E-state index contributed by atoms with van der Waals surface area (Å²) in [4.78, 5) is 15.8. The Bertz CT molecular complexity index is 347. The smallest absolute Gasteiger partial charge is 0.497 e. The van der Waals surface area contributed by atoms with Gasteiger partial charge in [0.25, 0.3) is 0 Å². The summed E-state index contributed by atoms with van der Waals surface area (Å²) in [7, 11) is 3.96. The Hall–Kier alpha value is -1.29. The summed E-state index contributed by atoms with van der Waals surface area (Å²) in [5.74, 6) is 0. The van der Waals surface area contributed by atoms with Gasteiger partial charge < -0.3 is 17.3 Å². The Labute approximate surface area is 109 Å². The van der Waals surface area contributed by atoms with Crippen LogP contribution in [0, 0.1) is 0 Å². The summed E-state index contributed by atoms with van der Waals surface area (Å²) in [6.07, 6.45) is 3.60. The molecule has 0 saturated heterocycles. The van der Waals surface area contributed by atoms with E-state index in [4.69, 9.17) is 0 Å². The van der Waals surface area contributed by atoms with E-state index < -0.39 is 0 Å². The summed E-state index contributed by atoms with van der Waals surface area (Å²) in [5, 5.41) is 0. The van der Waals surface area contributed by atoms with E-state index in [0.29, 0.717) is 0 Å². The van der Waals surface area contributed by atoms with E-state index >= 15 is 0 Å². The predicted molar refractivity (Wildman–Crippen MR) is 64.7 cm³/mol. The number of aromatic nitrogens is 1. The van der Waals surface area contributed by atoms with Crippen LogP contribution in [0.1, 0.15) is 13.8 Å². The predicted octanol–water partition coefficient (Wildman–Crippen LogP) is -1.65. The molecule has 96 valence electrons. The second kappa shape index (κ2) is 7.12. The van der Waals surface area contributed by atoms with Crippen molar-refractivity contribution in [2.75, 3.05) is 32.1 Å². The molecule has 5 heteroatoms. The molecule has 4 nitrogen and oxygen atoms in total. The number of hydrogen-bond donors (Lipinski definition) is 0. The summed E-state index contributed by atoms with van der Waals surface area (Å²) >= 11 is 0. The van der Waals surface area contributed by atoms with Gasteiger partial charge in [-0.2, -0.15) is 9.36 Å². The van der Waals surface area contributed by atoms with Crippen molar-refractivity contribution in [2.24, 2.45) is 0 Å². The molecule has 0 aliphatic rings. The highest BCUT2D eigenvalue weighted by molar-refractivity contribution is 5.64. The van der Waals surface area contributed by atoms with Gasteiger partial charge in [0.1, 0.15) is 12.4 Å². The molecule has 0 aliphatic carbocycles. The van der Waals surface area contributed by atoms with Crippen LogP contribution < -0.4 is 21.9 Å². The lowest BCUT2D eigenvalue weighted by Gasteiger charge is -2.13. The quantitative estimate of drug-likeness (QED) is 0.607. The van der Waals surface area contributed by atoms with Crippen molar-refractivity contribution < 1.29 is 21.8 Å². The maximum atomic E-state index is 12.0. The molecule has 0 unspecified atom stereocenters. The second-order valence-electron chi connectivity index (χ2n) is 3.81. The molecule has 0 spiro atoms. The Morgan fingerprint density at radius 1 is 1.18 bits per heavy atom. The molecule has 0 N–H and O–H groups in total. The van der Waals surface area contributed by atoms with Crippen LogP contribution in [0.2, 0.25) is 0 Å². The van der Waals surface area contributed by atoms with Crippen LogP contribution in [0.5, 0.6) is 0 Å². The molecule has 17 heavy (non-hydrogen) atoms. The van der Waals surface area contributed by atoms with Crippen molar-refractivity contribution >= 4 is 11.7 Å². The van der Waals surface area contributed by atoms with Crippen LogP contribution in [0.4, 0.5) is 10.5 Å². The van der Waals surface area contributed by atoms with E-state index in [2.05, 4.69) is 0 Å². The highest BCUT2D eigenvalue weighted by Crippen LogP contribution is 2.06. The first kappa shape index (κ1) is 15.7. The zero-order valence-electron chi connectivity index (χ0n) is 10.9.